The van der Waals surface area contributed by atoms with Crippen LogP contribution in [-0.2, 0) is 19.9 Å². The van der Waals surface area contributed by atoms with Gasteiger partial charge in [0, 0.05) is 29.2 Å². The lowest BCUT2D eigenvalue weighted by Gasteiger charge is -2.34. The minimum Gasteiger partial charge on any atom is -0.507 e. The molecule has 1 aromatic rings. The molecule has 0 spiro atoms. The van der Waals surface area contributed by atoms with Crippen molar-refractivity contribution in [2.45, 2.75) is 65.6 Å². The molecule has 37 heavy (non-hydrogen) atoms. The number of ketones is 2. The standard InChI is InChI=1S/C29H33NO7/c1-6-17-7-9-20(31)25-24-18(11-15(4)26(25)33)29(36)19(27(34)30-23(29)13-21(24)32)12-16(5)28(35)37-22(10-8-17)14(2)3/h8,10-14,17,19,22,33,36H,6-7,9H2,1-5H3,(H,30,34)/b10-8+,16-12-/t17-,19-,22+,29-/m0/s1. The number of aryl methyl sites for hydroxylation is 1. The fourth-order valence-electron chi connectivity index (χ4n) is 5.23. The summed E-state index contributed by atoms with van der Waals surface area (Å²) in [5.74, 6) is -3.84. The van der Waals surface area contributed by atoms with Gasteiger partial charge in [-0.3, -0.25) is 14.4 Å². The highest BCUT2D eigenvalue weighted by atomic mass is 16.5. The van der Waals surface area contributed by atoms with Gasteiger partial charge in [0.1, 0.15) is 17.5 Å². The Hall–Kier alpha value is -3.52. The van der Waals surface area contributed by atoms with E-state index in [-0.39, 0.29) is 57.5 Å². The van der Waals surface area contributed by atoms with Crippen molar-refractivity contribution in [1.82, 2.24) is 5.32 Å². The van der Waals surface area contributed by atoms with Crippen LogP contribution in [0.15, 0.2) is 41.6 Å². The van der Waals surface area contributed by atoms with Crippen molar-refractivity contribution in [3.63, 3.8) is 0 Å². The summed E-state index contributed by atoms with van der Waals surface area (Å²) in [5, 5.41) is 25.4. The molecule has 0 unspecified atom stereocenters. The first kappa shape index (κ1) is 26.5. The van der Waals surface area contributed by atoms with Gasteiger partial charge in [0.25, 0.3) is 0 Å². The monoisotopic (exact) mass is 507 g/mol. The smallest absolute Gasteiger partial charge is 0.334 e. The highest BCUT2D eigenvalue weighted by molar-refractivity contribution is 6.17. The molecule has 2 heterocycles. The minimum atomic E-state index is -2.03. The molecule has 196 valence electrons. The molecular formula is C29H33NO7. The van der Waals surface area contributed by atoms with Gasteiger partial charge in [0.05, 0.1) is 17.2 Å². The van der Waals surface area contributed by atoms with E-state index in [1.54, 1.807) is 6.92 Å². The lowest BCUT2D eigenvalue weighted by Crippen LogP contribution is -2.39. The van der Waals surface area contributed by atoms with E-state index in [9.17, 15) is 29.4 Å². The maximum atomic E-state index is 13.5. The third-order valence-electron chi connectivity index (χ3n) is 7.58. The molecule has 1 saturated heterocycles. The second-order valence-corrected chi connectivity index (χ2v) is 10.5. The Labute approximate surface area is 216 Å². The van der Waals surface area contributed by atoms with Crippen LogP contribution < -0.4 is 5.32 Å². The Kier molecular flexibility index (Phi) is 6.99. The Balaban J connectivity index is 1.96. The second kappa shape index (κ2) is 9.74. The predicted molar refractivity (Wildman–Crippen MR) is 136 cm³/mol. The van der Waals surface area contributed by atoms with E-state index in [4.69, 9.17) is 4.74 Å². The molecule has 8 nitrogen and oxygen atoms in total. The minimum absolute atomic E-state index is 0.00337. The molecule has 1 amide bonds. The van der Waals surface area contributed by atoms with Gasteiger partial charge in [-0.05, 0) is 56.2 Å². The van der Waals surface area contributed by atoms with Crippen molar-refractivity contribution >= 4 is 23.4 Å². The Morgan fingerprint density at radius 2 is 1.84 bits per heavy atom. The predicted octanol–water partition coefficient (Wildman–Crippen LogP) is 3.79. The number of phenols is 1. The normalized spacial score (nSPS) is 30.4. The van der Waals surface area contributed by atoms with E-state index in [2.05, 4.69) is 5.32 Å². The van der Waals surface area contributed by atoms with Crippen LogP contribution >= 0.6 is 0 Å². The quantitative estimate of drug-likeness (QED) is 0.410. The lowest BCUT2D eigenvalue weighted by atomic mass is 9.72. The number of nitrogens with one attached hydrogen (secondary N) is 1. The molecule has 3 N–H and O–H groups in total. The van der Waals surface area contributed by atoms with Gasteiger partial charge in [0.2, 0.25) is 5.91 Å². The first-order valence-corrected chi connectivity index (χ1v) is 12.7. The van der Waals surface area contributed by atoms with Crippen molar-refractivity contribution in [1.29, 1.82) is 0 Å². The molecule has 1 fully saturated rings. The van der Waals surface area contributed by atoms with Gasteiger partial charge in [-0.2, -0.15) is 0 Å². The number of amides is 1. The second-order valence-electron chi connectivity index (χ2n) is 10.5. The Bertz CT molecular complexity index is 1290. The average molecular weight is 508 g/mol. The van der Waals surface area contributed by atoms with Crippen molar-refractivity contribution in [3.8, 4) is 5.75 Å². The van der Waals surface area contributed by atoms with Crippen LogP contribution in [0.1, 0.15) is 78.8 Å². The van der Waals surface area contributed by atoms with Crippen LogP contribution in [0.2, 0.25) is 0 Å². The van der Waals surface area contributed by atoms with E-state index in [0.29, 0.717) is 6.42 Å². The number of allylic oxidation sites excluding steroid dienone is 2. The SMILES string of the molecule is CC[C@@H]1/C=C/[C@H](C(C)C)OC(=O)/C(C)=C\[C@H]2C(=O)NC3=CC(=O)c4c(cc(C)c(O)c4C(=O)CC1)[C@@]32O. The fraction of sp³-hybridized carbons (Fsp3) is 0.448. The van der Waals surface area contributed by atoms with Crippen LogP contribution in [0.4, 0.5) is 0 Å². The molecule has 3 aliphatic rings. The van der Waals surface area contributed by atoms with E-state index in [0.717, 1.165) is 12.5 Å². The number of benzene rings is 1. The zero-order valence-electron chi connectivity index (χ0n) is 21.8. The van der Waals surface area contributed by atoms with Crippen LogP contribution in [0, 0.1) is 24.7 Å². The van der Waals surface area contributed by atoms with Crippen LogP contribution in [0.3, 0.4) is 0 Å². The van der Waals surface area contributed by atoms with Crippen LogP contribution in [0.25, 0.3) is 0 Å². The maximum Gasteiger partial charge on any atom is 0.334 e. The van der Waals surface area contributed by atoms with Gasteiger partial charge in [-0.25, -0.2) is 4.79 Å². The first-order valence-electron chi connectivity index (χ1n) is 12.7. The molecule has 4 atom stereocenters. The molecule has 2 aliphatic heterocycles. The highest BCUT2D eigenvalue weighted by Crippen LogP contribution is 2.49. The van der Waals surface area contributed by atoms with Gasteiger partial charge >= 0.3 is 5.97 Å². The third kappa shape index (κ3) is 4.44. The largest absolute Gasteiger partial charge is 0.507 e. The third-order valence-corrected chi connectivity index (χ3v) is 7.58. The number of Topliss-reactive ketones (excluding diaryl/α,β-unsaturated/α-hetero) is 1. The van der Waals surface area contributed by atoms with Gasteiger partial charge in [-0.15, -0.1) is 0 Å². The molecular weight excluding hydrogens is 474 g/mol. The lowest BCUT2D eigenvalue weighted by molar-refractivity contribution is -0.143. The molecule has 4 rings (SSSR count). The van der Waals surface area contributed by atoms with E-state index < -0.39 is 41.1 Å². The van der Waals surface area contributed by atoms with Gasteiger partial charge < -0.3 is 20.3 Å². The van der Waals surface area contributed by atoms with E-state index in [1.807, 2.05) is 32.9 Å². The number of ether oxygens (including phenoxy) is 1. The zero-order chi connectivity index (χ0) is 27.2. The number of hydrogen-bond acceptors (Lipinski definition) is 7. The molecule has 0 saturated carbocycles. The van der Waals surface area contributed by atoms with E-state index >= 15 is 0 Å². The summed E-state index contributed by atoms with van der Waals surface area (Å²) in [5.41, 5.74) is -1.87. The summed E-state index contributed by atoms with van der Waals surface area (Å²) in [6.45, 7) is 8.91. The number of rotatable bonds is 2. The molecule has 0 radical (unpaired) electrons. The topological polar surface area (TPSA) is 130 Å². The highest BCUT2D eigenvalue weighted by Gasteiger charge is 2.55. The summed E-state index contributed by atoms with van der Waals surface area (Å²) in [7, 11) is 0. The molecule has 1 aliphatic carbocycles. The van der Waals surface area contributed by atoms with Crippen molar-refractivity contribution in [3.05, 3.63) is 63.9 Å². The van der Waals surface area contributed by atoms with E-state index in [1.165, 1.54) is 19.1 Å². The number of aliphatic hydroxyl groups is 1. The summed E-state index contributed by atoms with van der Waals surface area (Å²) in [6.07, 6.45) is 6.90. The zero-order valence-corrected chi connectivity index (χ0v) is 21.8. The van der Waals surface area contributed by atoms with Gasteiger partial charge in [-0.1, -0.05) is 32.9 Å². The average Bonchev–Trinajstić information content (AvgIpc) is 3.08. The first-order chi connectivity index (χ1) is 17.4. The number of esters is 1. The number of carbonyl (C=O) groups is 4. The summed E-state index contributed by atoms with van der Waals surface area (Å²) in [6, 6.07) is 1.43. The van der Waals surface area contributed by atoms with Crippen molar-refractivity contribution < 1.29 is 34.1 Å². The molecule has 4 bridgehead atoms. The Morgan fingerprint density at radius 1 is 1.14 bits per heavy atom. The summed E-state index contributed by atoms with van der Waals surface area (Å²) in [4.78, 5) is 52.7. The molecule has 1 aromatic carbocycles. The number of hydrogen-bond donors (Lipinski definition) is 3. The fourth-order valence-corrected chi connectivity index (χ4v) is 5.23. The Morgan fingerprint density at radius 3 is 2.49 bits per heavy atom. The molecule has 8 heteroatoms. The summed E-state index contributed by atoms with van der Waals surface area (Å²) < 4.78 is 5.74. The van der Waals surface area contributed by atoms with Gasteiger partial charge in [0.15, 0.2) is 11.6 Å². The van der Waals surface area contributed by atoms with Crippen molar-refractivity contribution in [2.24, 2.45) is 17.8 Å². The van der Waals surface area contributed by atoms with Crippen LogP contribution in [-0.4, -0.2) is 39.8 Å². The number of aromatic hydroxyl groups is 1. The number of cyclic esters (lactones) is 1. The molecule has 0 aromatic heterocycles. The maximum absolute atomic E-state index is 13.5. The van der Waals surface area contributed by atoms with Crippen LogP contribution in [0.5, 0.6) is 5.75 Å². The number of phenolic OH excluding ortho intramolecular Hbond substituents is 1. The number of carbonyl (C=O) groups excluding carboxylic acids is 4. The summed E-state index contributed by atoms with van der Waals surface area (Å²) >= 11 is 0. The van der Waals surface area contributed by atoms with Crippen molar-refractivity contribution in [2.75, 3.05) is 0 Å².